The van der Waals surface area contributed by atoms with Gasteiger partial charge in [0.15, 0.2) is 0 Å². The van der Waals surface area contributed by atoms with Crippen LogP contribution >= 0.6 is 0 Å². The van der Waals surface area contributed by atoms with E-state index in [9.17, 15) is 0 Å². The highest BCUT2D eigenvalue weighted by atomic mass is 16.5. The molecule has 1 rings (SSSR count). The molecule has 84 valence electrons. The van der Waals surface area contributed by atoms with Gasteiger partial charge in [-0.15, -0.1) is 0 Å². The summed E-state index contributed by atoms with van der Waals surface area (Å²) in [5.74, 6) is 0. The number of methoxy groups -OCH3 is 1. The minimum absolute atomic E-state index is 0.125. The van der Waals surface area contributed by atoms with Crippen LogP contribution in [-0.2, 0) is 9.47 Å². The van der Waals surface area contributed by atoms with Crippen LogP contribution in [0.3, 0.4) is 0 Å². The highest BCUT2D eigenvalue weighted by molar-refractivity contribution is 4.97. The number of hydrogen-bond acceptors (Lipinski definition) is 4. The third-order valence-electron chi connectivity index (χ3n) is 2.67. The lowest BCUT2D eigenvalue weighted by Crippen LogP contribution is -2.61. The molecule has 1 aliphatic rings. The number of aliphatic hydroxyl groups excluding tert-OH is 1. The first-order valence-electron chi connectivity index (χ1n) is 5.24. The lowest BCUT2D eigenvalue weighted by Gasteiger charge is -2.44. The summed E-state index contributed by atoms with van der Waals surface area (Å²) in [4.78, 5) is 0. The molecule has 0 spiro atoms. The van der Waals surface area contributed by atoms with Gasteiger partial charge in [0.05, 0.1) is 18.8 Å². The largest absolute Gasteiger partial charge is 0.395 e. The van der Waals surface area contributed by atoms with Crippen molar-refractivity contribution in [2.75, 3.05) is 20.3 Å². The van der Waals surface area contributed by atoms with Gasteiger partial charge in [-0.05, 0) is 20.3 Å². The van der Waals surface area contributed by atoms with Crippen molar-refractivity contribution in [3.63, 3.8) is 0 Å². The maximum atomic E-state index is 8.90. The Hall–Kier alpha value is -0.160. The number of rotatable bonds is 6. The zero-order valence-electron chi connectivity index (χ0n) is 9.19. The molecule has 0 saturated heterocycles. The second-order valence-electron chi connectivity index (χ2n) is 3.79. The van der Waals surface area contributed by atoms with Gasteiger partial charge in [-0.2, -0.15) is 0 Å². The predicted molar refractivity (Wildman–Crippen MR) is 54.3 cm³/mol. The first-order chi connectivity index (χ1) is 6.72. The van der Waals surface area contributed by atoms with Crippen LogP contribution < -0.4 is 5.32 Å². The summed E-state index contributed by atoms with van der Waals surface area (Å²) in [5.41, 5.74) is 0. The van der Waals surface area contributed by atoms with Crippen LogP contribution in [0.5, 0.6) is 0 Å². The molecular formula is C10H21NO3. The van der Waals surface area contributed by atoms with Gasteiger partial charge in [-0.1, -0.05) is 0 Å². The second-order valence-corrected chi connectivity index (χ2v) is 3.79. The maximum absolute atomic E-state index is 8.90. The molecule has 14 heavy (non-hydrogen) atoms. The fraction of sp³-hybridized carbons (Fsp3) is 1.00. The van der Waals surface area contributed by atoms with Gasteiger partial charge >= 0.3 is 0 Å². The van der Waals surface area contributed by atoms with Crippen molar-refractivity contribution >= 4 is 0 Å². The molecule has 0 aromatic rings. The summed E-state index contributed by atoms with van der Waals surface area (Å²) in [5, 5.41) is 12.2. The summed E-state index contributed by atoms with van der Waals surface area (Å²) in [6.45, 7) is 4.84. The first-order valence-corrected chi connectivity index (χ1v) is 5.24. The highest BCUT2D eigenvalue weighted by Gasteiger charge is 2.42. The molecule has 1 fully saturated rings. The number of aliphatic hydroxyl groups is 1. The molecule has 2 N–H and O–H groups in total. The Balaban J connectivity index is 2.29. The number of ether oxygens (including phenoxy) is 2. The van der Waals surface area contributed by atoms with Crippen LogP contribution in [0.15, 0.2) is 0 Å². The topological polar surface area (TPSA) is 50.7 Å². The zero-order valence-corrected chi connectivity index (χ0v) is 9.19. The normalized spacial score (nSPS) is 33.9. The summed E-state index contributed by atoms with van der Waals surface area (Å²) >= 11 is 0. The second kappa shape index (κ2) is 5.66. The van der Waals surface area contributed by atoms with Gasteiger partial charge < -0.3 is 19.9 Å². The van der Waals surface area contributed by atoms with Crippen molar-refractivity contribution in [2.24, 2.45) is 0 Å². The van der Waals surface area contributed by atoms with Crippen LogP contribution in [0.2, 0.25) is 0 Å². The minimum Gasteiger partial charge on any atom is -0.395 e. The Kier molecular flexibility index (Phi) is 4.81. The fourth-order valence-corrected chi connectivity index (χ4v) is 1.86. The maximum Gasteiger partial charge on any atom is 0.0986 e. The third-order valence-corrected chi connectivity index (χ3v) is 2.67. The zero-order chi connectivity index (χ0) is 10.6. The van der Waals surface area contributed by atoms with Crippen molar-refractivity contribution in [3.8, 4) is 0 Å². The quantitative estimate of drug-likeness (QED) is 0.645. The van der Waals surface area contributed by atoms with Gasteiger partial charge in [0.25, 0.3) is 0 Å². The average Bonchev–Trinajstić information content (AvgIpc) is 2.16. The van der Waals surface area contributed by atoms with Gasteiger partial charge in [0, 0.05) is 25.8 Å². The standard InChI is InChI=1S/C10H21NO3/c1-4-14-9-5-8(10(9)13-3)11-7(2)6-12/h7-12H,4-6H2,1-3H3. The molecule has 0 radical (unpaired) electrons. The van der Waals surface area contributed by atoms with E-state index in [1.807, 2.05) is 13.8 Å². The molecule has 1 saturated carbocycles. The minimum atomic E-state index is 0.125. The van der Waals surface area contributed by atoms with Gasteiger partial charge in [0.1, 0.15) is 0 Å². The van der Waals surface area contributed by atoms with E-state index in [0.717, 1.165) is 13.0 Å². The summed E-state index contributed by atoms with van der Waals surface area (Å²) < 4.78 is 10.8. The predicted octanol–water partition coefficient (Wildman–Crippen LogP) is 0.149. The lowest BCUT2D eigenvalue weighted by atomic mass is 9.84. The Morgan fingerprint density at radius 1 is 1.57 bits per heavy atom. The van der Waals surface area contributed by atoms with Crippen molar-refractivity contribution in [1.82, 2.24) is 5.32 Å². The molecule has 0 aromatic heterocycles. The van der Waals surface area contributed by atoms with Crippen LogP contribution in [-0.4, -0.2) is 49.7 Å². The molecule has 0 aromatic carbocycles. The van der Waals surface area contributed by atoms with Crippen LogP contribution in [0.1, 0.15) is 20.3 Å². The molecular weight excluding hydrogens is 182 g/mol. The van der Waals surface area contributed by atoms with E-state index in [0.29, 0.717) is 6.04 Å². The molecule has 4 unspecified atom stereocenters. The van der Waals surface area contributed by atoms with Crippen molar-refractivity contribution in [1.29, 1.82) is 0 Å². The summed E-state index contributed by atoms with van der Waals surface area (Å²) in [6.07, 6.45) is 1.31. The van der Waals surface area contributed by atoms with Crippen LogP contribution in [0.25, 0.3) is 0 Å². The highest BCUT2D eigenvalue weighted by Crippen LogP contribution is 2.27. The van der Waals surface area contributed by atoms with Crippen molar-refractivity contribution < 1.29 is 14.6 Å². The van der Waals surface area contributed by atoms with E-state index in [4.69, 9.17) is 14.6 Å². The van der Waals surface area contributed by atoms with E-state index < -0.39 is 0 Å². The third kappa shape index (κ3) is 2.67. The molecule has 0 bridgehead atoms. The van der Waals surface area contributed by atoms with Crippen molar-refractivity contribution in [3.05, 3.63) is 0 Å². The Bertz CT molecular complexity index is 165. The smallest absolute Gasteiger partial charge is 0.0986 e. The molecule has 4 nitrogen and oxygen atoms in total. The summed E-state index contributed by atoms with van der Waals surface area (Å²) in [7, 11) is 1.70. The molecule has 1 aliphatic carbocycles. The summed E-state index contributed by atoms with van der Waals surface area (Å²) in [6, 6.07) is 0.443. The van der Waals surface area contributed by atoms with Gasteiger partial charge in [-0.3, -0.25) is 0 Å². The number of nitrogens with one attached hydrogen (secondary N) is 1. The SMILES string of the molecule is CCOC1CC(NC(C)CO)C1OC. The van der Waals surface area contributed by atoms with E-state index in [-0.39, 0.29) is 24.9 Å². The molecule has 4 atom stereocenters. The fourth-order valence-electron chi connectivity index (χ4n) is 1.86. The van der Waals surface area contributed by atoms with Gasteiger partial charge in [-0.25, -0.2) is 0 Å². The molecule has 0 amide bonds. The molecule has 4 heteroatoms. The monoisotopic (exact) mass is 203 g/mol. The lowest BCUT2D eigenvalue weighted by molar-refractivity contribution is -0.133. The van der Waals surface area contributed by atoms with Crippen molar-refractivity contribution in [2.45, 2.75) is 44.6 Å². The molecule has 0 aliphatic heterocycles. The molecule has 0 heterocycles. The first kappa shape index (κ1) is 11.9. The van der Waals surface area contributed by atoms with Gasteiger partial charge in [0.2, 0.25) is 0 Å². The number of hydrogen-bond donors (Lipinski definition) is 2. The van der Waals surface area contributed by atoms with Crippen LogP contribution in [0.4, 0.5) is 0 Å². The Labute approximate surface area is 85.6 Å². The van der Waals surface area contributed by atoms with E-state index in [2.05, 4.69) is 5.32 Å². The average molecular weight is 203 g/mol. The van der Waals surface area contributed by atoms with E-state index in [1.54, 1.807) is 7.11 Å². The Morgan fingerprint density at radius 3 is 2.79 bits per heavy atom. The van der Waals surface area contributed by atoms with Crippen LogP contribution in [0, 0.1) is 0 Å². The Morgan fingerprint density at radius 2 is 2.29 bits per heavy atom. The van der Waals surface area contributed by atoms with E-state index >= 15 is 0 Å². The van der Waals surface area contributed by atoms with E-state index in [1.165, 1.54) is 0 Å².